The molecule has 1 heterocycles. The van der Waals surface area contributed by atoms with Gasteiger partial charge in [-0.15, -0.1) is 0 Å². The molecule has 0 amide bonds. The van der Waals surface area contributed by atoms with Gasteiger partial charge in [-0.05, 0) is 49.1 Å². The summed E-state index contributed by atoms with van der Waals surface area (Å²) in [7, 11) is 0. The van der Waals surface area contributed by atoms with Crippen LogP contribution in [0.1, 0.15) is 31.4 Å². The van der Waals surface area contributed by atoms with Gasteiger partial charge in [0.15, 0.2) is 0 Å². The fourth-order valence-corrected chi connectivity index (χ4v) is 2.45. The maximum absolute atomic E-state index is 8.76. The highest BCUT2D eigenvalue weighted by molar-refractivity contribution is 5.39. The number of anilines is 1. The molecule has 82 valence electrons. The summed E-state index contributed by atoms with van der Waals surface area (Å²) in [5.41, 5.74) is 1.06. The summed E-state index contributed by atoms with van der Waals surface area (Å²) in [5.74, 6) is 1.80. The Morgan fingerprint density at radius 2 is 2.25 bits per heavy atom. The molecular weight excluding hydrogens is 198 g/mol. The first kappa shape index (κ1) is 9.65. The van der Waals surface area contributed by atoms with Crippen LogP contribution in [0.4, 0.5) is 5.82 Å². The second-order valence-electron chi connectivity index (χ2n) is 5.01. The van der Waals surface area contributed by atoms with Gasteiger partial charge in [0.25, 0.3) is 0 Å². The standard InChI is InChI=1S/C13H15N3/c14-8-11-2-1-3-12(16-11)15-9-13(6-7-13)10-4-5-10/h1-3,10H,4-7,9H2,(H,15,16). The topological polar surface area (TPSA) is 48.7 Å². The van der Waals surface area contributed by atoms with Crippen LogP contribution in [0, 0.1) is 22.7 Å². The molecule has 2 aliphatic carbocycles. The smallest absolute Gasteiger partial charge is 0.142 e. The number of nitrogens with zero attached hydrogens (tertiary/aromatic N) is 2. The summed E-state index contributed by atoms with van der Waals surface area (Å²) in [6.07, 6.45) is 5.55. The molecule has 3 nitrogen and oxygen atoms in total. The third-order valence-corrected chi connectivity index (χ3v) is 3.82. The van der Waals surface area contributed by atoms with E-state index in [1.165, 1.54) is 25.7 Å². The van der Waals surface area contributed by atoms with Gasteiger partial charge in [-0.25, -0.2) is 4.98 Å². The summed E-state index contributed by atoms with van der Waals surface area (Å²) >= 11 is 0. The Bertz CT molecular complexity index is 439. The summed E-state index contributed by atoms with van der Waals surface area (Å²) in [6, 6.07) is 7.61. The number of nitriles is 1. The first-order valence-electron chi connectivity index (χ1n) is 5.93. The van der Waals surface area contributed by atoms with E-state index in [2.05, 4.69) is 16.4 Å². The Balaban J connectivity index is 1.64. The molecule has 2 fully saturated rings. The molecule has 1 N–H and O–H groups in total. The number of hydrogen-bond donors (Lipinski definition) is 1. The van der Waals surface area contributed by atoms with E-state index in [4.69, 9.17) is 5.26 Å². The molecule has 2 saturated carbocycles. The Morgan fingerprint density at radius 3 is 2.88 bits per heavy atom. The zero-order valence-electron chi connectivity index (χ0n) is 9.24. The summed E-state index contributed by atoms with van der Waals surface area (Å²) in [4.78, 5) is 4.23. The Labute approximate surface area is 95.5 Å². The van der Waals surface area contributed by atoms with Gasteiger partial charge < -0.3 is 5.32 Å². The van der Waals surface area contributed by atoms with Crippen molar-refractivity contribution in [3.8, 4) is 6.07 Å². The molecule has 0 radical (unpaired) electrons. The molecule has 0 unspecified atom stereocenters. The highest BCUT2D eigenvalue weighted by atomic mass is 15.0. The van der Waals surface area contributed by atoms with Crippen molar-refractivity contribution in [3.63, 3.8) is 0 Å². The fourth-order valence-electron chi connectivity index (χ4n) is 2.45. The molecule has 0 aliphatic heterocycles. The van der Waals surface area contributed by atoms with Gasteiger partial charge in [0.2, 0.25) is 0 Å². The minimum atomic E-state index is 0.487. The number of nitrogens with one attached hydrogen (secondary N) is 1. The summed E-state index contributed by atoms with van der Waals surface area (Å²) < 4.78 is 0. The molecule has 0 aromatic carbocycles. The monoisotopic (exact) mass is 213 g/mol. The van der Waals surface area contributed by atoms with Crippen molar-refractivity contribution in [2.75, 3.05) is 11.9 Å². The second-order valence-corrected chi connectivity index (χ2v) is 5.01. The molecule has 0 spiro atoms. The van der Waals surface area contributed by atoms with E-state index < -0.39 is 0 Å². The van der Waals surface area contributed by atoms with E-state index in [0.717, 1.165) is 18.3 Å². The maximum Gasteiger partial charge on any atom is 0.142 e. The van der Waals surface area contributed by atoms with Crippen LogP contribution in [0.5, 0.6) is 0 Å². The molecule has 3 rings (SSSR count). The molecule has 1 aromatic heterocycles. The molecule has 1 aromatic rings. The van der Waals surface area contributed by atoms with Crippen LogP contribution >= 0.6 is 0 Å². The number of rotatable bonds is 4. The largest absolute Gasteiger partial charge is 0.369 e. The van der Waals surface area contributed by atoms with Gasteiger partial charge in [0, 0.05) is 6.54 Å². The van der Waals surface area contributed by atoms with E-state index >= 15 is 0 Å². The first-order chi connectivity index (χ1) is 7.82. The van der Waals surface area contributed by atoms with Gasteiger partial charge in [0.05, 0.1) is 0 Å². The van der Waals surface area contributed by atoms with Gasteiger partial charge in [-0.2, -0.15) is 5.26 Å². The van der Waals surface area contributed by atoms with Crippen LogP contribution in [0.2, 0.25) is 0 Å². The average Bonchev–Trinajstić information content (AvgIpc) is 3.17. The number of aromatic nitrogens is 1. The van der Waals surface area contributed by atoms with Crippen LogP contribution < -0.4 is 5.32 Å². The van der Waals surface area contributed by atoms with Crippen LogP contribution in [0.25, 0.3) is 0 Å². The van der Waals surface area contributed by atoms with Crippen molar-refractivity contribution in [3.05, 3.63) is 23.9 Å². The zero-order valence-corrected chi connectivity index (χ0v) is 9.24. The van der Waals surface area contributed by atoms with Gasteiger partial charge >= 0.3 is 0 Å². The quantitative estimate of drug-likeness (QED) is 0.836. The zero-order chi connectivity index (χ0) is 11.0. The molecule has 2 aliphatic rings. The number of pyridine rings is 1. The molecule has 0 bridgehead atoms. The van der Waals surface area contributed by atoms with Crippen LogP contribution in [-0.4, -0.2) is 11.5 Å². The predicted octanol–water partition coefficient (Wildman–Crippen LogP) is 2.56. The lowest BCUT2D eigenvalue weighted by atomic mass is 10.0. The minimum Gasteiger partial charge on any atom is -0.369 e. The number of hydrogen-bond acceptors (Lipinski definition) is 3. The SMILES string of the molecule is N#Cc1cccc(NCC2(C3CC3)CC2)n1. The lowest BCUT2D eigenvalue weighted by Crippen LogP contribution is -2.18. The minimum absolute atomic E-state index is 0.487. The van der Waals surface area contributed by atoms with Crippen LogP contribution in [-0.2, 0) is 0 Å². The van der Waals surface area contributed by atoms with Crippen molar-refractivity contribution in [1.29, 1.82) is 5.26 Å². The Hall–Kier alpha value is -1.56. The molecule has 0 atom stereocenters. The van der Waals surface area contributed by atoms with Crippen molar-refractivity contribution >= 4 is 5.82 Å². The van der Waals surface area contributed by atoms with E-state index in [-0.39, 0.29) is 0 Å². The van der Waals surface area contributed by atoms with E-state index in [1.807, 2.05) is 12.1 Å². The summed E-state index contributed by atoms with van der Waals surface area (Å²) in [6.45, 7) is 1.03. The highest BCUT2D eigenvalue weighted by Crippen LogP contribution is 2.61. The maximum atomic E-state index is 8.76. The van der Waals surface area contributed by atoms with E-state index in [1.54, 1.807) is 6.07 Å². The van der Waals surface area contributed by atoms with Gasteiger partial charge in [-0.1, -0.05) is 6.07 Å². The van der Waals surface area contributed by atoms with E-state index in [0.29, 0.717) is 11.1 Å². The third kappa shape index (κ3) is 1.76. The average molecular weight is 213 g/mol. The highest BCUT2D eigenvalue weighted by Gasteiger charge is 2.53. The van der Waals surface area contributed by atoms with Crippen LogP contribution in [0.3, 0.4) is 0 Å². The lowest BCUT2D eigenvalue weighted by Gasteiger charge is -2.15. The summed E-state index contributed by atoms with van der Waals surface area (Å²) in [5, 5.41) is 12.1. The molecule has 16 heavy (non-hydrogen) atoms. The Kier molecular flexibility index (Phi) is 2.10. The Morgan fingerprint density at radius 1 is 1.44 bits per heavy atom. The second kappa shape index (κ2) is 3.48. The van der Waals surface area contributed by atoms with Crippen molar-refractivity contribution in [2.45, 2.75) is 25.7 Å². The van der Waals surface area contributed by atoms with Crippen molar-refractivity contribution in [1.82, 2.24) is 4.98 Å². The molecule has 0 saturated heterocycles. The predicted molar refractivity (Wildman–Crippen MR) is 61.8 cm³/mol. The van der Waals surface area contributed by atoms with Gasteiger partial charge in [0.1, 0.15) is 17.6 Å². The van der Waals surface area contributed by atoms with Gasteiger partial charge in [-0.3, -0.25) is 0 Å². The lowest BCUT2D eigenvalue weighted by molar-refractivity contribution is 0.466. The van der Waals surface area contributed by atoms with Crippen LogP contribution in [0.15, 0.2) is 18.2 Å². The third-order valence-electron chi connectivity index (χ3n) is 3.82. The molecule has 3 heteroatoms. The normalized spacial score (nSPS) is 21.2. The molecular formula is C13H15N3. The van der Waals surface area contributed by atoms with E-state index in [9.17, 15) is 0 Å². The first-order valence-corrected chi connectivity index (χ1v) is 5.93. The van der Waals surface area contributed by atoms with Crippen molar-refractivity contribution in [2.24, 2.45) is 11.3 Å². The fraction of sp³-hybridized carbons (Fsp3) is 0.538. The van der Waals surface area contributed by atoms with Crippen molar-refractivity contribution < 1.29 is 0 Å².